The molecule has 0 unspecified atom stereocenters. The molecule has 1 aromatic carbocycles. The third kappa shape index (κ3) is 1.11. The van der Waals surface area contributed by atoms with E-state index >= 15 is 0 Å². The average molecular weight is 266 g/mol. The molecule has 0 N–H and O–H groups in total. The van der Waals surface area contributed by atoms with Crippen molar-refractivity contribution in [3.63, 3.8) is 0 Å². The van der Waals surface area contributed by atoms with Crippen LogP contribution in [0.3, 0.4) is 0 Å². The quantitative estimate of drug-likeness (QED) is 0.673. The third-order valence-electron chi connectivity index (χ3n) is 2.94. The molecule has 3 rings (SSSR count). The summed E-state index contributed by atoms with van der Waals surface area (Å²) >= 11 is 3.37. The van der Waals surface area contributed by atoms with E-state index in [1.165, 1.54) is 0 Å². The lowest BCUT2D eigenvalue weighted by molar-refractivity contribution is -0.114. The molecular weight excluding hydrogens is 258 g/mol. The summed E-state index contributed by atoms with van der Waals surface area (Å²) in [4.78, 5) is 25.0. The van der Waals surface area contributed by atoms with Gasteiger partial charge in [-0.05, 0) is 30.5 Å². The maximum atomic E-state index is 11.7. The zero-order chi connectivity index (χ0) is 10.6. The van der Waals surface area contributed by atoms with E-state index in [9.17, 15) is 9.59 Å². The van der Waals surface area contributed by atoms with Gasteiger partial charge in [0.1, 0.15) is 0 Å². The second-order valence-corrected chi connectivity index (χ2v) is 4.77. The number of rotatable bonds is 0. The molecular formula is C11H8BrNO2. The van der Waals surface area contributed by atoms with Gasteiger partial charge >= 0.3 is 0 Å². The topological polar surface area (TPSA) is 37.4 Å². The molecule has 0 saturated heterocycles. The largest absolute Gasteiger partial charge is 0.304 e. The molecule has 0 fully saturated rings. The number of carbonyl (C=O) groups is 2. The van der Waals surface area contributed by atoms with E-state index in [1.807, 2.05) is 6.07 Å². The van der Waals surface area contributed by atoms with E-state index < -0.39 is 0 Å². The SMILES string of the molecule is O=C1C(=O)N2CCCc3cc(Br)cc1c32. The number of benzene rings is 1. The van der Waals surface area contributed by atoms with Gasteiger partial charge in [0.15, 0.2) is 0 Å². The second kappa shape index (κ2) is 2.92. The molecule has 1 amide bonds. The predicted molar refractivity (Wildman–Crippen MR) is 59.1 cm³/mol. The lowest BCUT2D eigenvalue weighted by atomic mass is 10.00. The van der Waals surface area contributed by atoms with Crippen molar-refractivity contribution in [2.45, 2.75) is 12.8 Å². The minimum atomic E-state index is -0.371. The molecule has 0 atom stereocenters. The van der Waals surface area contributed by atoms with Crippen LogP contribution in [0.25, 0.3) is 0 Å². The number of amides is 1. The van der Waals surface area contributed by atoms with E-state index in [2.05, 4.69) is 15.9 Å². The van der Waals surface area contributed by atoms with Crippen LogP contribution in [0.4, 0.5) is 5.69 Å². The number of anilines is 1. The summed E-state index contributed by atoms with van der Waals surface area (Å²) in [7, 11) is 0. The van der Waals surface area contributed by atoms with E-state index in [0.717, 1.165) is 28.6 Å². The third-order valence-corrected chi connectivity index (χ3v) is 3.39. The van der Waals surface area contributed by atoms with E-state index in [1.54, 1.807) is 11.0 Å². The van der Waals surface area contributed by atoms with Crippen LogP contribution < -0.4 is 4.90 Å². The molecule has 2 heterocycles. The number of Topliss-reactive ketones (excluding diaryl/α,β-unsaturated/α-hetero) is 1. The van der Waals surface area contributed by atoms with Gasteiger partial charge in [0.25, 0.3) is 11.7 Å². The van der Waals surface area contributed by atoms with Gasteiger partial charge in [-0.1, -0.05) is 15.9 Å². The van der Waals surface area contributed by atoms with Gasteiger partial charge in [-0.15, -0.1) is 0 Å². The van der Waals surface area contributed by atoms with Crippen LogP contribution in [0.5, 0.6) is 0 Å². The zero-order valence-corrected chi connectivity index (χ0v) is 9.50. The summed E-state index contributed by atoms with van der Waals surface area (Å²) < 4.78 is 0.876. The Morgan fingerprint density at radius 2 is 2.07 bits per heavy atom. The molecule has 15 heavy (non-hydrogen) atoms. The lowest BCUT2D eigenvalue weighted by Crippen LogP contribution is -2.33. The Morgan fingerprint density at radius 1 is 1.27 bits per heavy atom. The van der Waals surface area contributed by atoms with Crippen LogP contribution in [0.2, 0.25) is 0 Å². The molecule has 0 saturated carbocycles. The molecule has 1 aromatic rings. The summed E-state index contributed by atoms with van der Waals surface area (Å²) in [5.74, 6) is -0.737. The van der Waals surface area contributed by atoms with Crippen molar-refractivity contribution in [2.24, 2.45) is 0 Å². The molecule has 0 bridgehead atoms. The number of halogens is 1. The van der Waals surface area contributed by atoms with Crippen molar-refractivity contribution >= 4 is 33.3 Å². The fraction of sp³-hybridized carbons (Fsp3) is 0.273. The number of hydrogen-bond donors (Lipinski definition) is 0. The first-order valence-corrected chi connectivity index (χ1v) is 5.66. The van der Waals surface area contributed by atoms with Crippen molar-refractivity contribution < 1.29 is 9.59 Å². The Kier molecular flexibility index (Phi) is 1.77. The van der Waals surface area contributed by atoms with E-state index in [0.29, 0.717) is 12.1 Å². The fourth-order valence-corrected chi connectivity index (χ4v) is 2.82. The summed E-state index contributed by atoms with van der Waals surface area (Å²) in [6.07, 6.45) is 1.88. The molecule has 0 aliphatic carbocycles. The summed E-state index contributed by atoms with van der Waals surface area (Å²) in [5, 5.41) is 0. The van der Waals surface area contributed by atoms with Crippen LogP contribution in [0, 0.1) is 0 Å². The van der Waals surface area contributed by atoms with Gasteiger partial charge in [-0.3, -0.25) is 9.59 Å². The van der Waals surface area contributed by atoms with E-state index in [4.69, 9.17) is 0 Å². The highest BCUT2D eigenvalue weighted by molar-refractivity contribution is 9.10. The maximum Gasteiger partial charge on any atom is 0.299 e. The van der Waals surface area contributed by atoms with Crippen molar-refractivity contribution in [3.8, 4) is 0 Å². The molecule has 0 aromatic heterocycles. The van der Waals surface area contributed by atoms with Crippen molar-refractivity contribution in [1.29, 1.82) is 0 Å². The van der Waals surface area contributed by atoms with Crippen LogP contribution >= 0.6 is 15.9 Å². The number of nitrogens with zero attached hydrogens (tertiary/aromatic N) is 1. The van der Waals surface area contributed by atoms with Gasteiger partial charge in [-0.2, -0.15) is 0 Å². The Bertz CT molecular complexity index is 496. The highest BCUT2D eigenvalue weighted by Gasteiger charge is 2.39. The van der Waals surface area contributed by atoms with Crippen LogP contribution in [0.15, 0.2) is 16.6 Å². The minimum Gasteiger partial charge on any atom is -0.304 e. The van der Waals surface area contributed by atoms with Crippen LogP contribution in [-0.2, 0) is 11.2 Å². The van der Waals surface area contributed by atoms with Gasteiger partial charge in [0, 0.05) is 11.0 Å². The first kappa shape index (κ1) is 9.09. The van der Waals surface area contributed by atoms with Gasteiger partial charge in [-0.25, -0.2) is 0 Å². The molecule has 3 nitrogen and oxygen atoms in total. The van der Waals surface area contributed by atoms with Crippen molar-refractivity contribution in [3.05, 3.63) is 27.7 Å². The average Bonchev–Trinajstić information content (AvgIpc) is 2.46. The van der Waals surface area contributed by atoms with Crippen molar-refractivity contribution in [1.82, 2.24) is 0 Å². The first-order chi connectivity index (χ1) is 7.18. The number of ketones is 1. The summed E-state index contributed by atoms with van der Waals surface area (Å²) in [6, 6.07) is 3.74. The van der Waals surface area contributed by atoms with Gasteiger partial charge < -0.3 is 4.90 Å². The number of carbonyl (C=O) groups excluding carboxylic acids is 2. The first-order valence-electron chi connectivity index (χ1n) is 4.87. The second-order valence-electron chi connectivity index (χ2n) is 3.85. The summed E-state index contributed by atoms with van der Waals surface area (Å²) in [6.45, 7) is 0.673. The molecule has 2 aliphatic heterocycles. The normalized spacial score (nSPS) is 18.3. The Balaban J connectivity index is 2.33. The molecule has 0 spiro atoms. The minimum absolute atomic E-state index is 0.366. The predicted octanol–water partition coefficient (Wildman–Crippen LogP) is 1.92. The van der Waals surface area contributed by atoms with Crippen LogP contribution in [-0.4, -0.2) is 18.2 Å². The molecule has 4 heteroatoms. The standard InChI is InChI=1S/C11H8BrNO2/c12-7-4-6-2-1-3-13-9(6)8(5-7)10(14)11(13)15/h4-5H,1-3H2. The van der Waals surface area contributed by atoms with Gasteiger partial charge in [0.2, 0.25) is 0 Å². The van der Waals surface area contributed by atoms with E-state index in [-0.39, 0.29) is 11.7 Å². The smallest absolute Gasteiger partial charge is 0.299 e. The zero-order valence-electron chi connectivity index (χ0n) is 7.92. The lowest BCUT2D eigenvalue weighted by Gasteiger charge is -2.24. The maximum absolute atomic E-state index is 11.7. The fourth-order valence-electron chi connectivity index (χ4n) is 2.32. The summed E-state index contributed by atoms with van der Waals surface area (Å²) in [5.41, 5.74) is 2.51. The monoisotopic (exact) mass is 265 g/mol. The number of hydrogen-bond acceptors (Lipinski definition) is 2. The van der Waals surface area contributed by atoms with Gasteiger partial charge in [0.05, 0.1) is 11.3 Å². The molecule has 2 aliphatic rings. The molecule has 76 valence electrons. The van der Waals surface area contributed by atoms with Crippen molar-refractivity contribution in [2.75, 3.05) is 11.4 Å². The Hall–Kier alpha value is -1.16. The number of aryl methyl sites for hydroxylation is 1. The highest BCUT2D eigenvalue weighted by atomic mass is 79.9. The molecule has 0 radical (unpaired) electrons. The Morgan fingerprint density at radius 3 is 2.87 bits per heavy atom. The van der Waals surface area contributed by atoms with Crippen LogP contribution in [0.1, 0.15) is 22.3 Å². The Labute approximate surface area is 95.2 Å². The highest BCUT2D eigenvalue weighted by Crippen LogP contribution is 2.38.